The van der Waals surface area contributed by atoms with Crippen molar-refractivity contribution in [3.05, 3.63) is 90.0 Å². The van der Waals surface area contributed by atoms with E-state index in [1.54, 1.807) is 0 Å². The number of aryl methyl sites for hydroxylation is 1. The number of ether oxygens (including phenoxy) is 1. The van der Waals surface area contributed by atoms with Gasteiger partial charge in [-0.1, -0.05) is 106 Å². The van der Waals surface area contributed by atoms with E-state index in [4.69, 9.17) is 4.74 Å². The first kappa shape index (κ1) is 27.2. The van der Waals surface area contributed by atoms with Crippen LogP contribution in [0.15, 0.2) is 78.9 Å². The normalized spacial score (nSPS) is 17.4. The molecule has 196 valence electrons. The number of unbranched alkanes of at least 4 members (excludes halogenated alkanes) is 4. The summed E-state index contributed by atoms with van der Waals surface area (Å²) in [4.78, 5) is 12.4. The minimum atomic E-state index is -0.129. The minimum Gasteiger partial charge on any atom is -0.427 e. The highest BCUT2D eigenvalue weighted by Crippen LogP contribution is 2.38. The molecule has 2 nitrogen and oxygen atoms in total. The highest BCUT2D eigenvalue weighted by molar-refractivity contribution is 5.72. The highest BCUT2D eigenvalue weighted by atomic mass is 16.5. The summed E-state index contributed by atoms with van der Waals surface area (Å²) in [5.41, 5.74) is 5.20. The van der Waals surface area contributed by atoms with Crippen molar-refractivity contribution in [1.29, 1.82) is 0 Å². The fraction of sp³-hybridized carbons (Fsp3) is 0.457. The summed E-state index contributed by atoms with van der Waals surface area (Å²) in [6.07, 6.45) is 15.5. The van der Waals surface area contributed by atoms with Crippen molar-refractivity contribution in [2.24, 2.45) is 5.92 Å². The molecule has 0 heterocycles. The largest absolute Gasteiger partial charge is 0.427 e. The van der Waals surface area contributed by atoms with Gasteiger partial charge < -0.3 is 4.74 Å². The van der Waals surface area contributed by atoms with E-state index in [9.17, 15) is 4.79 Å². The Morgan fingerprint density at radius 2 is 1.43 bits per heavy atom. The Hall–Kier alpha value is -2.87. The lowest BCUT2D eigenvalue weighted by Crippen LogP contribution is -2.13. The molecule has 0 unspecified atom stereocenters. The second-order valence-electron chi connectivity index (χ2n) is 10.9. The zero-order valence-electron chi connectivity index (χ0n) is 22.7. The van der Waals surface area contributed by atoms with Gasteiger partial charge in [-0.3, -0.25) is 4.79 Å². The van der Waals surface area contributed by atoms with Crippen molar-refractivity contribution in [3.63, 3.8) is 0 Å². The van der Waals surface area contributed by atoms with E-state index >= 15 is 0 Å². The van der Waals surface area contributed by atoms with Crippen molar-refractivity contribution < 1.29 is 9.53 Å². The van der Waals surface area contributed by atoms with Gasteiger partial charge in [-0.15, -0.1) is 0 Å². The maximum Gasteiger partial charge on any atom is 0.311 e. The van der Waals surface area contributed by atoms with E-state index in [0.717, 1.165) is 25.2 Å². The molecule has 0 aliphatic heterocycles. The predicted molar refractivity (Wildman–Crippen MR) is 155 cm³/mol. The molecule has 4 rings (SSSR count). The van der Waals surface area contributed by atoms with Crippen LogP contribution in [0.5, 0.6) is 5.75 Å². The SMILES string of the molecule is CCCCCCC1CCC(c2ccc(OC(=O)CCCCc3ccc(-c4ccccc4)cc3)cc2)CC1. The van der Waals surface area contributed by atoms with Gasteiger partial charge in [0, 0.05) is 6.42 Å². The summed E-state index contributed by atoms with van der Waals surface area (Å²) in [5, 5.41) is 0. The third-order valence-electron chi connectivity index (χ3n) is 8.05. The smallest absolute Gasteiger partial charge is 0.311 e. The Kier molecular flexibility index (Phi) is 10.8. The molecule has 0 aromatic heterocycles. The quantitative estimate of drug-likeness (QED) is 0.134. The van der Waals surface area contributed by atoms with Gasteiger partial charge >= 0.3 is 5.97 Å². The summed E-state index contributed by atoms with van der Waals surface area (Å²) in [6.45, 7) is 2.28. The lowest BCUT2D eigenvalue weighted by atomic mass is 9.77. The molecule has 0 bridgehead atoms. The first-order valence-corrected chi connectivity index (χ1v) is 14.7. The third kappa shape index (κ3) is 8.88. The van der Waals surface area contributed by atoms with Gasteiger partial charge in [0.05, 0.1) is 0 Å². The summed E-state index contributed by atoms with van der Waals surface area (Å²) in [6, 6.07) is 27.5. The van der Waals surface area contributed by atoms with E-state index in [-0.39, 0.29) is 5.97 Å². The molecule has 0 spiro atoms. The van der Waals surface area contributed by atoms with Gasteiger partial charge in [0.15, 0.2) is 0 Å². The van der Waals surface area contributed by atoms with Crippen LogP contribution in [0.2, 0.25) is 0 Å². The fourth-order valence-electron chi connectivity index (χ4n) is 5.73. The van der Waals surface area contributed by atoms with Crippen LogP contribution in [-0.2, 0) is 11.2 Å². The van der Waals surface area contributed by atoms with E-state index in [1.165, 1.54) is 80.0 Å². The van der Waals surface area contributed by atoms with Gasteiger partial charge in [0.2, 0.25) is 0 Å². The average Bonchev–Trinajstić information content (AvgIpc) is 2.95. The summed E-state index contributed by atoms with van der Waals surface area (Å²) < 4.78 is 5.62. The lowest BCUT2D eigenvalue weighted by Gasteiger charge is -2.29. The van der Waals surface area contributed by atoms with Crippen molar-refractivity contribution >= 4 is 5.97 Å². The number of benzene rings is 3. The number of hydrogen-bond donors (Lipinski definition) is 0. The van der Waals surface area contributed by atoms with Gasteiger partial charge in [-0.25, -0.2) is 0 Å². The molecule has 0 N–H and O–H groups in total. The van der Waals surface area contributed by atoms with E-state index < -0.39 is 0 Å². The van der Waals surface area contributed by atoms with Crippen molar-refractivity contribution in [3.8, 4) is 16.9 Å². The number of carbonyl (C=O) groups excluding carboxylic acids is 1. The lowest BCUT2D eigenvalue weighted by molar-refractivity contribution is -0.134. The molecule has 1 saturated carbocycles. The molecule has 0 amide bonds. The molecule has 2 heteroatoms. The standard InChI is InChI=1S/C35H44O2/c1-2-3-4-6-11-28-18-22-32(23-19-28)33-24-26-34(27-25-33)37-35(36)15-10-9-12-29-16-20-31(21-17-29)30-13-7-5-8-14-30/h5,7-8,13-14,16-17,20-21,24-28,32H,2-4,6,9-12,15,18-19,22-23H2,1H3. The molecule has 1 aliphatic carbocycles. The van der Waals surface area contributed by atoms with Crippen molar-refractivity contribution in [2.75, 3.05) is 0 Å². The fourth-order valence-corrected chi connectivity index (χ4v) is 5.73. The molecular weight excluding hydrogens is 452 g/mol. The van der Waals surface area contributed by atoms with E-state index in [2.05, 4.69) is 67.6 Å². The first-order valence-electron chi connectivity index (χ1n) is 14.7. The Labute approximate surface area is 224 Å². The van der Waals surface area contributed by atoms with Gasteiger partial charge in [-0.2, -0.15) is 0 Å². The van der Waals surface area contributed by atoms with Crippen LogP contribution in [-0.4, -0.2) is 5.97 Å². The van der Waals surface area contributed by atoms with E-state index in [0.29, 0.717) is 18.1 Å². The highest BCUT2D eigenvalue weighted by Gasteiger charge is 2.22. The van der Waals surface area contributed by atoms with Gasteiger partial charge in [0.1, 0.15) is 5.75 Å². The van der Waals surface area contributed by atoms with Gasteiger partial charge in [-0.05, 0) is 91.2 Å². The van der Waals surface area contributed by atoms with Crippen LogP contribution < -0.4 is 4.74 Å². The monoisotopic (exact) mass is 496 g/mol. The average molecular weight is 497 g/mol. The Bertz CT molecular complexity index is 1040. The Morgan fingerprint density at radius 3 is 2.14 bits per heavy atom. The topological polar surface area (TPSA) is 26.3 Å². The number of carbonyl (C=O) groups is 1. The van der Waals surface area contributed by atoms with Crippen LogP contribution in [0.4, 0.5) is 0 Å². The zero-order valence-corrected chi connectivity index (χ0v) is 22.7. The number of rotatable bonds is 13. The third-order valence-corrected chi connectivity index (χ3v) is 8.05. The Balaban J connectivity index is 1.12. The van der Waals surface area contributed by atoms with Crippen molar-refractivity contribution in [1.82, 2.24) is 0 Å². The number of hydrogen-bond acceptors (Lipinski definition) is 2. The second-order valence-corrected chi connectivity index (χ2v) is 10.9. The van der Waals surface area contributed by atoms with Crippen molar-refractivity contribution in [2.45, 2.75) is 96.3 Å². The maximum absolute atomic E-state index is 12.4. The van der Waals surface area contributed by atoms with Crippen LogP contribution >= 0.6 is 0 Å². The predicted octanol–water partition coefficient (Wildman–Crippen LogP) is 9.92. The summed E-state index contributed by atoms with van der Waals surface area (Å²) in [5.74, 6) is 2.14. The molecule has 0 radical (unpaired) electrons. The molecule has 0 atom stereocenters. The zero-order chi connectivity index (χ0) is 25.7. The molecule has 37 heavy (non-hydrogen) atoms. The van der Waals surface area contributed by atoms with E-state index in [1.807, 2.05) is 18.2 Å². The molecule has 1 aliphatic rings. The second kappa shape index (κ2) is 14.8. The Morgan fingerprint density at radius 1 is 0.730 bits per heavy atom. The van der Waals surface area contributed by atoms with Gasteiger partial charge in [0.25, 0.3) is 0 Å². The maximum atomic E-state index is 12.4. The number of esters is 1. The van der Waals surface area contributed by atoms with Crippen LogP contribution in [0.3, 0.4) is 0 Å². The molecular formula is C35H44O2. The first-order chi connectivity index (χ1) is 18.2. The minimum absolute atomic E-state index is 0.129. The molecule has 0 saturated heterocycles. The molecule has 3 aromatic rings. The molecule has 1 fully saturated rings. The summed E-state index contributed by atoms with van der Waals surface area (Å²) >= 11 is 0. The van der Waals surface area contributed by atoms with Crippen LogP contribution in [0.1, 0.15) is 101 Å². The van der Waals surface area contributed by atoms with Crippen LogP contribution in [0, 0.1) is 5.92 Å². The molecule has 3 aromatic carbocycles. The van der Waals surface area contributed by atoms with Crippen LogP contribution in [0.25, 0.3) is 11.1 Å². The summed E-state index contributed by atoms with van der Waals surface area (Å²) in [7, 11) is 0.